The van der Waals surface area contributed by atoms with Gasteiger partial charge in [-0.3, -0.25) is 21.2 Å². The Morgan fingerprint density at radius 2 is 2.20 bits per heavy atom. The molecule has 0 amide bonds. The Balaban J connectivity index is 1.99. The van der Waals surface area contributed by atoms with Gasteiger partial charge in [0.25, 0.3) is 0 Å². The molecule has 0 radical (unpaired) electrons. The number of pyridine rings is 2. The van der Waals surface area contributed by atoms with Gasteiger partial charge in [0.1, 0.15) is 0 Å². The minimum Gasteiger partial charge on any atom is -0.271 e. The lowest BCUT2D eigenvalue weighted by molar-refractivity contribution is 0.392. The molecular weight excluding hydrogens is 248 g/mol. The summed E-state index contributed by atoms with van der Waals surface area (Å²) in [6, 6.07) is 10.3. The zero-order valence-corrected chi connectivity index (χ0v) is 11.7. The van der Waals surface area contributed by atoms with Crippen LogP contribution in [0.2, 0.25) is 0 Å². The summed E-state index contributed by atoms with van der Waals surface area (Å²) in [5.41, 5.74) is 7.48. The maximum absolute atomic E-state index is 5.83. The van der Waals surface area contributed by atoms with Crippen LogP contribution in [0.1, 0.15) is 47.4 Å². The van der Waals surface area contributed by atoms with Crippen molar-refractivity contribution in [2.24, 2.45) is 5.84 Å². The van der Waals surface area contributed by atoms with Crippen LogP contribution in [0, 0.1) is 6.92 Å². The van der Waals surface area contributed by atoms with Crippen LogP contribution < -0.4 is 11.3 Å². The molecular formula is C16H20N4. The van der Waals surface area contributed by atoms with E-state index in [0.29, 0.717) is 5.92 Å². The van der Waals surface area contributed by atoms with Gasteiger partial charge in [0.15, 0.2) is 0 Å². The van der Waals surface area contributed by atoms with Crippen molar-refractivity contribution >= 4 is 0 Å². The van der Waals surface area contributed by atoms with E-state index < -0.39 is 0 Å². The molecule has 2 heterocycles. The summed E-state index contributed by atoms with van der Waals surface area (Å²) in [4.78, 5) is 9.22. The van der Waals surface area contributed by atoms with Gasteiger partial charge in [-0.25, -0.2) is 0 Å². The molecule has 2 unspecified atom stereocenters. The van der Waals surface area contributed by atoms with Crippen molar-refractivity contribution in [1.29, 1.82) is 0 Å². The molecule has 3 N–H and O–H groups in total. The van der Waals surface area contributed by atoms with Crippen LogP contribution in [0.25, 0.3) is 0 Å². The topological polar surface area (TPSA) is 63.8 Å². The lowest BCUT2D eigenvalue weighted by Crippen LogP contribution is -2.35. The Morgan fingerprint density at radius 3 is 3.00 bits per heavy atom. The van der Waals surface area contributed by atoms with E-state index in [9.17, 15) is 0 Å². The third-order valence-electron chi connectivity index (χ3n) is 4.05. The molecule has 0 aliphatic heterocycles. The highest BCUT2D eigenvalue weighted by Crippen LogP contribution is 2.38. The van der Waals surface area contributed by atoms with Crippen LogP contribution in [0.15, 0.2) is 36.5 Å². The average molecular weight is 268 g/mol. The molecule has 104 valence electrons. The van der Waals surface area contributed by atoms with Gasteiger partial charge < -0.3 is 0 Å². The van der Waals surface area contributed by atoms with Gasteiger partial charge in [0.05, 0.1) is 11.7 Å². The molecule has 20 heavy (non-hydrogen) atoms. The molecule has 1 aliphatic carbocycles. The maximum Gasteiger partial charge on any atom is 0.0715 e. The minimum absolute atomic E-state index is 0.0175. The van der Waals surface area contributed by atoms with Gasteiger partial charge in [-0.1, -0.05) is 12.1 Å². The molecule has 4 nitrogen and oxygen atoms in total. The van der Waals surface area contributed by atoms with Crippen molar-refractivity contribution < 1.29 is 0 Å². The van der Waals surface area contributed by atoms with Crippen molar-refractivity contribution in [3.63, 3.8) is 0 Å². The Hall–Kier alpha value is -1.78. The first-order valence-electron chi connectivity index (χ1n) is 7.13. The normalized spacial score (nSPS) is 19.4. The molecule has 3 rings (SSSR count). The van der Waals surface area contributed by atoms with E-state index in [2.05, 4.69) is 21.5 Å². The molecule has 0 saturated heterocycles. The summed E-state index contributed by atoms with van der Waals surface area (Å²) in [7, 11) is 0. The van der Waals surface area contributed by atoms with Crippen LogP contribution >= 0.6 is 0 Å². The van der Waals surface area contributed by atoms with E-state index in [1.54, 1.807) is 0 Å². The van der Waals surface area contributed by atoms with Crippen molar-refractivity contribution in [3.8, 4) is 0 Å². The summed E-state index contributed by atoms with van der Waals surface area (Å²) < 4.78 is 0. The van der Waals surface area contributed by atoms with E-state index in [0.717, 1.165) is 24.2 Å². The van der Waals surface area contributed by atoms with Crippen LogP contribution in [0.3, 0.4) is 0 Å². The van der Waals surface area contributed by atoms with Crippen molar-refractivity contribution in [3.05, 3.63) is 59.2 Å². The fourth-order valence-corrected chi connectivity index (χ4v) is 3.11. The first-order valence-corrected chi connectivity index (χ1v) is 7.13. The van der Waals surface area contributed by atoms with E-state index >= 15 is 0 Å². The Morgan fingerprint density at radius 1 is 1.30 bits per heavy atom. The molecule has 0 saturated carbocycles. The number of fused-ring (bicyclic) bond motifs is 1. The molecule has 2 aromatic rings. The number of aryl methyl sites for hydroxylation is 2. The second-order valence-electron chi connectivity index (χ2n) is 5.39. The number of nitrogens with one attached hydrogen (secondary N) is 1. The van der Waals surface area contributed by atoms with E-state index in [1.165, 1.54) is 17.7 Å². The maximum atomic E-state index is 5.83. The Labute approximate surface area is 119 Å². The second kappa shape index (κ2) is 5.69. The van der Waals surface area contributed by atoms with Crippen LogP contribution in [0.5, 0.6) is 0 Å². The number of nitrogens with two attached hydrogens (primary N) is 1. The number of rotatable bonds is 3. The Kier molecular flexibility index (Phi) is 3.76. The van der Waals surface area contributed by atoms with E-state index in [-0.39, 0.29) is 6.04 Å². The lowest BCUT2D eigenvalue weighted by atomic mass is 9.81. The van der Waals surface area contributed by atoms with Crippen LogP contribution in [-0.4, -0.2) is 9.97 Å². The van der Waals surface area contributed by atoms with Gasteiger partial charge >= 0.3 is 0 Å². The minimum atomic E-state index is 0.0175. The van der Waals surface area contributed by atoms with E-state index in [4.69, 9.17) is 5.84 Å². The summed E-state index contributed by atoms with van der Waals surface area (Å²) in [6.07, 6.45) is 5.24. The fourth-order valence-electron chi connectivity index (χ4n) is 3.11. The third-order valence-corrected chi connectivity index (χ3v) is 4.05. The number of hydrogen-bond acceptors (Lipinski definition) is 4. The van der Waals surface area contributed by atoms with Crippen molar-refractivity contribution in [1.82, 2.24) is 15.4 Å². The van der Waals surface area contributed by atoms with E-state index in [1.807, 2.05) is 37.4 Å². The monoisotopic (exact) mass is 268 g/mol. The largest absolute Gasteiger partial charge is 0.271 e. The zero-order valence-electron chi connectivity index (χ0n) is 11.7. The summed E-state index contributed by atoms with van der Waals surface area (Å²) in [5, 5.41) is 0. The standard InChI is InChI=1S/C16H20N4/c1-11-5-2-9-14(19-11)16(20-17)13-8-3-6-12-7-4-10-18-15(12)13/h2,4-5,7,9-10,13,16,20H,3,6,8,17H2,1H3. The molecule has 2 aromatic heterocycles. The summed E-state index contributed by atoms with van der Waals surface area (Å²) in [6.45, 7) is 2.00. The molecule has 0 fully saturated rings. The fraction of sp³-hybridized carbons (Fsp3) is 0.375. The van der Waals surface area contributed by atoms with Crippen molar-refractivity contribution in [2.45, 2.75) is 38.1 Å². The number of hydrazine groups is 1. The van der Waals surface area contributed by atoms with Gasteiger partial charge in [0, 0.05) is 23.5 Å². The smallest absolute Gasteiger partial charge is 0.0715 e. The predicted octanol–water partition coefficient (Wildman–Crippen LogP) is 2.41. The summed E-state index contributed by atoms with van der Waals surface area (Å²) >= 11 is 0. The van der Waals surface area contributed by atoms with Gasteiger partial charge in [0.2, 0.25) is 0 Å². The van der Waals surface area contributed by atoms with Gasteiger partial charge in [-0.2, -0.15) is 0 Å². The third kappa shape index (κ3) is 2.44. The van der Waals surface area contributed by atoms with Gasteiger partial charge in [-0.05, 0) is 49.9 Å². The number of nitrogens with zero attached hydrogens (tertiary/aromatic N) is 2. The zero-order chi connectivity index (χ0) is 13.9. The second-order valence-corrected chi connectivity index (χ2v) is 5.39. The molecule has 0 spiro atoms. The first kappa shape index (κ1) is 13.2. The molecule has 4 heteroatoms. The number of hydrogen-bond donors (Lipinski definition) is 2. The molecule has 0 bridgehead atoms. The average Bonchev–Trinajstić information content (AvgIpc) is 2.48. The molecule has 1 aliphatic rings. The van der Waals surface area contributed by atoms with Crippen LogP contribution in [0.4, 0.5) is 0 Å². The lowest BCUT2D eigenvalue weighted by Gasteiger charge is -2.30. The summed E-state index contributed by atoms with van der Waals surface area (Å²) in [5.74, 6) is 6.12. The highest BCUT2D eigenvalue weighted by atomic mass is 15.2. The van der Waals surface area contributed by atoms with Crippen LogP contribution in [-0.2, 0) is 6.42 Å². The number of aromatic nitrogens is 2. The SMILES string of the molecule is Cc1cccc(C(NN)C2CCCc3cccnc32)n1. The quantitative estimate of drug-likeness (QED) is 0.663. The highest BCUT2D eigenvalue weighted by Gasteiger charge is 2.30. The predicted molar refractivity (Wildman–Crippen MR) is 79.0 cm³/mol. The molecule has 2 atom stereocenters. The van der Waals surface area contributed by atoms with Crippen molar-refractivity contribution in [2.75, 3.05) is 0 Å². The molecule has 0 aromatic carbocycles. The van der Waals surface area contributed by atoms with Gasteiger partial charge in [-0.15, -0.1) is 0 Å². The highest BCUT2D eigenvalue weighted by molar-refractivity contribution is 5.29. The first-order chi connectivity index (χ1) is 9.79. The Bertz CT molecular complexity index is 597.